The first-order valence-corrected chi connectivity index (χ1v) is 7.75. The van der Waals surface area contributed by atoms with Crippen LogP contribution < -0.4 is 5.32 Å². The zero-order valence-corrected chi connectivity index (χ0v) is 13.8. The summed E-state index contributed by atoms with van der Waals surface area (Å²) in [5, 5.41) is 7.64. The molecule has 0 fully saturated rings. The molecular weight excluding hydrogens is 375 g/mol. The molecule has 0 aliphatic heterocycles. The smallest absolute Gasteiger partial charge is 0.138 e. The van der Waals surface area contributed by atoms with E-state index in [1.165, 1.54) is 14.7 Å². The van der Waals surface area contributed by atoms with Crippen molar-refractivity contribution in [3.05, 3.63) is 69.8 Å². The van der Waals surface area contributed by atoms with Gasteiger partial charge < -0.3 is 5.32 Å². The molecule has 0 saturated carbocycles. The highest BCUT2D eigenvalue weighted by Gasteiger charge is 2.04. The lowest BCUT2D eigenvalue weighted by atomic mass is 10.1. The van der Waals surface area contributed by atoms with Crippen LogP contribution in [0.3, 0.4) is 0 Å². The molecule has 106 valence electrons. The van der Waals surface area contributed by atoms with E-state index in [-0.39, 0.29) is 0 Å². The first-order valence-electron chi connectivity index (χ1n) is 6.67. The van der Waals surface area contributed by atoms with E-state index >= 15 is 0 Å². The van der Waals surface area contributed by atoms with Gasteiger partial charge in [0.15, 0.2) is 0 Å². The van der Waals surface area contributed by atoms with Crippen LogP contribution in [0.5, 0.6) is 0 Å². The highest BCUT2D eigenvalue weighted by atomic mass is 127. The van der Waals surface area contributed by atoms with Crippen molar-refractivity contribution in [2.75, 3.05) is 5.32 Å². The maximum Gasteiger partial charge on any atom is 0.138 e. The molecule has 0 aliphatic carbocycles. The molecule has 1 N–H and O–H groups in total. The molecule has 1 aromatic heterocycles. The third-order valence-corrected chi connectivity index (χ3v) is 4.22. The van der Waals surface area contributed by atoms with Crippen LogP contribution in [-0.4, -0.2) is 14.8 Å². The van der Waals surface area contributed by atoms with Gasteiger partial charge in [0.2, 0.25) is 0 Å². The maximum atomic E-state index is 4.17. The molecule has 0 bridgehead atoms. The van der Waals surface area contributed by atoms with Gasteiger partial charge >= 0.3 is 0 Å². The number of benzene rings is 2. The van der Waals surface area contributed by atoms with E-state index in [9.17, 15) is 0 Å². The van der Waals surface area contributed by atoms with E-state index < -0.39 is 0 Å². The first-order chi connectivity index (χ1) is 10.2. The Bertz CT molecular complexity index is 738. The lowest BCUT2D eigenvalue weighted by Gasteiger charge is -2.11. The molecule has 3 aromatic rings. The molecule has 4 nitrogen and oxygen atoms in total. The van der Waals surface area contributed by atoms with Gasteiger partial charge in [0.25, 0.3) is 0 Å². The Morgan fingerprint density at radius 2 is 2.05 bits per heavy atom. The minimum Gasteiger partial charge on any atom is -0.380 e. The molecule has 0 radical (unpaired) electrons. The average Bonchev–Trinajstić information content (AvgIpc) is 3.00. The predicted octanol–water partition coefficient (Wildman–Crippen LogP) is 3.79. The van der Waals surface area contributed by atoms with Gasteiger partial charge in [-0.1, -0.05) is 24.3 Å². The number of rotatable bonds is 4. The van der Waals surface area contributed by atoms with E-state index in [1.54, 1.807) is 17.3 Å². The second-order valence-electron chi connectivity index (χ2n) is 4.79. The molecule has 21 heavy (non-hydrogen) atoms. The van der Waals surface area contributed by atoms with Crippen molar-refractivity contribution in [1.82, 2.24) is 14.8 Å². The Balaban J connectivity index is 1.76. The number of hydrogen-bond donors (Lipinski definition) is 1. The summed E-state index contributed by atoms with van der Waals surface area (Å²) >= 11 is 2.34. The zero-order valence-electron chi connectivity index (χ0n) is 11.6. The lowest BCUT2D eigenvalue weighted by Crippen LogP contribution is -2.03. The zero-order chi connectivity index (χ0) is 14.7. The molecular formula is C16H15IN4. The summed E-state index contributed by atoms with van der Waals surface area (Å²) in [6.07, 6.45) is 3.26. The van der Waals surface area contributed by atoms with Crippen molar-refractivity contribution in [3.63, 3.8) is 0 Å². The summed E-state index contributed by atoms with van der Waals surface area (Å²) in [6, 6.07) is 14.7. The number of anilines is 1. The minimum atomic E-state index is 0.804. The summed E-state index contributed by atoms with van der Waals surface area (Å²) in [7, 11) is 0. The Morgan fingerprint density at radius 1 is 1.19 bits per heavy atom. The van der Waals surface area contributed by atoms with E-state index in [4.69, 9.17) is 0 Å². The van der Waals surface area contributed by atoms with Crippen molar-refractivity contribution >= 4 is 28.3 Å². The number of aromatic nitrogens is 3. The van der Waals surface area contributed by atoms with Crippen LogP contribution in [0.1, 0.15) is 11.1 Å². The number of para-hydroxylation sites is 1. The highest BCUT2D eigenvalue weighted by Crippen LogP contribution is 2.19. The van der Waals surface area contributed by atoms with E-state index in [0.29, 0.717) is 0 Å². The SMILES string of the molecule is Cc1cc(CNc2ccccc2I)ccc1-n1cncn1. The van der Waals surface area contributed by atoms with Crippen LogP contribution in [0.25, 0.3) is 5.69 Å². The monoisotopic (exact) mass is 390 g/mol. The molecule has 0 saturated heterocycles. The van der Waals surface area contributed by atoms with Crippen molar-refractivity contribution in [2.45, 2.75) is 13.5 Å². The summed E-state index contributed by atoms with van der Waals surface area (Å²) in [5.74, 6) is 0. The molecule has 1 heterocycles. The van der Waals surface area contributed by atoms with E-state index in [1.807, 2.05) is 12.1 Å². The maximum absolute atomic E-state index is 4.17. The standard InChI is InChI=1S/C16H15IN4/c1-12-8-13(6-7-16(12)21-11-18-10-20-21)9-19-15-5-3-2-4-14(15)17/h2-8,10-11,19H,9H2,1H3. The topological polar surface area (TPSA) is 42.7 Å². The van der Waals surface area contributed by atoms with Crippen LogP contribution in [0.2, 0.25) is 0 Å². The normalized spacial score (nSPS) is 10.6. The fourth-order valence-corrected chi connectivity index (χ4v) is 2.80. The van der Waals surface area contributed by atoms with Gasteiger partial charge in [-0.3, -0.25) is 0 Å². The van der Waals surface area contributed by atoms with Gasteiger partial charge in [0, 0.05) is 15.8 Å². The Hall–Kier alpha value is -1.89. The van der Waals surface area contributed by atoms with Crippen molar-refractivity contribution in [1.29, 1.82) is 0 Å². The third-order valence-electron chi connectivity index (χ3n) is 3.28. The van der Waals surface area contributed by atoms with Crippen LogP contribution in [-0.2, 0) is 6.54 Å². The van der Waals surface area contributed by atoms with Gasteiger partial charge in [-0.15, -0.1) is 0 Å². The summed E-state index contributed by atoms with van der Waals surface area (Å²) in [6.45, 7) is 2.89. The molecule has 0 aliphatic rings. The van der Waals surface area contributed by atoms with Gasteiger partial charge in [-0.2, -0.15) is 5.10 Å². The molecule has 5 heteroatoms. The molecule has 0 amide bonds. The number of hydrogen-bond acceptors (Lipinski definition) is 3. The summed E-state index contributed by atoms with van der Waals surface area (Å²) in [4.78, 5) is 3.99. The van der Waals surface area contributed by atoms with Gasteiger partial charge in [0.05, 0.1) is 5.69 Å². The number of nitrogens with one attached hydrogen (secondary N) is 1. The van der Waals surface area contributed by atoms with Gasteiger partial charge in [0.1, 0.15) is 12.7 Å². The van der Waals surface area contributed by atoms with Crippen LogP contribution in [0, 0.1) is 10.5 Å². The number of nitrogens with zero attached hydrogens (tertiary/aromatic N) is 3. The molecule has 3 rings (SSSR count). The quantitative estimate of drug-likeness (QED) is 0.690. The lowest BCUT2D eigenvalue weighted by molar-refractivity contribution is 0.869. The van der Waals surface area contributed by atoms with E-state index in [2.05, 4.69) is 75.2 Å². The van der Waals surface area contributed by atoms with Crippen LogP contribution in [0.4, 0.5) is 5.69 Å². The Kier molecular flexibility index (Phi) is 4.19. The second-order valence-corrected chi connectivity index (χ2v) is 5.96. The fraction of sp³-hybridized carbons (Fsp3) is 0.125. The average molecular weight is 390 g/mol. The first kappa shape index (κ1) is 14.1. The van der Waals surface area contributed by atoms with Crippen molar-refractivity contribution in [2.24, 2.45) is 0 Å². The van der Waals surface area contributed by atoms with Crippen molar-refractivity contribution < 1.29 is 0 Å². The second kappa shape index (κ2) is 6.26. The summed E-state index contributed by atoms with van der Waals surface area (Å²) in [5.41, 5.74) is 4.65. The van der Waals surface area contributed by atoms with Crippen LogP contribution >= 0.6 is 22.6 Å². The predicted molar refractivity (Wildman–Crippen MR) is 92.6 cm³/mol. The third kappa shape index (κ3) is 3.24. The largest absolute Gasteiger partial charge is 0.380 e. The fourth-order valence-electron chi connectivity index (χ4n) is 2.22. The molecule has 2 aromatic carbocycles. The molecule has 0 atom stereocenters. The minimum absolute atomic E-state index is 0.804. The number of halogens is 1. The van der Waals surface area contributed by atoms with E-state index in [0.717, 1.165) is 17.9 Å². The molecule has 0 unspecified atom stereocenters. The van der Waals surface area contributed by atoms with Gasteiger partial charge in [-0.05, 0) is 58.8 Å². The Morgan fingerprint density at radius 3 is 2.76 bits per heavy atom. The molecule has 0 spiro atoms. The summed E-state index contributed by atoms with van der Waals surface area (Å²) < 4.78 is 3.01. The van der Waals surface area contributed by atoms with Crippen molar-refractivity contribution in [3.8, 4) is 5.69 Å². The Labute approximate surface area is 137 Å². The number of aryl methyl sites for hydroxylation is 1. The van der Waals surface area contributed by atoms with Crippen LogP contribution in [0.15, 0.2) is 55.1 Å². The highest BCUT2D eigenvalue weighted by molar-refractivity contribution is 14.1. The van der Waals surface area contributed by atoms with Gasteiger partial charge in [-0.25, -0.2) is 9.67 Å².